The largest absolute Gasteiger partial charge is 0.372 e. The van der Waals surface area contributed by atoms with Crippen molar-refractivity contribution < 1.29 is 9.53 Å². The maximum absolute atomic E-state index is 11.6. The molecule has 0 bridgehead atoms. The third kappa shape index (κ3) is 4.78. The Morgan fingerprint density at radius 2 is 2.25 bits per heavy atom. The predicted molar refractivity (Wildman–Crippen MR) is 82.3 cm³/mol. The summed E-state index contributed by atoms with van der Waals surface area (Å²) in [5, 5.41) is 6.37. The summed E-state index contributed by atoms with van der Waals surface area (Å²) in [5.74, 6) is -0.0432. The Kier molecular flexibility index (Phi) is 7.59. The van der Waals surface area contributed by atoms with E-state index in [1.165, 1.54) is 11.1 Å². The Morgan fingerprint density at radius 1 is 1.45 bits per heavy atom. The van der Waals surface area contributed by atoms with Gasteiger partial charge < -0.3 is 15.4 Å². The van der Waals surface area contributed by atoms with E-state index in [1.54, 1.807) is 0 Å². The highest BCUT2D eigenvalue weighted by molar-refractivity contribution is 5.85. The first-order valence-electron chi connectivity index (χ1n) is 6.97. The molecule has 0 aromatic heterocycles. The molecule has 2 N–H and O–H groups in total. The van der Waals surface area contributed by atoms with Gasteiger partial charge in [-0.2, -0.15) is 0 Å². The highest BCUT2D eigenvalue weighted by Gasteiger charge is 2.19. The SMILES string of the molecule is CCCOCC(=O)NCC1NCCc2ccccc21.Cl. The number of hydrogen-bond acceptors (Lipinski definition) is 3. The molecular formula is C15H23ClN2O2. The molecule has 0 saturated carbocycles. The van der Waals surface area contributed by atoms with Crippen molar-refractivity contribution in [1.29, 1.82) is 0 Å². The van der Waals surface area contributed by atoms with Crippen molar-refractivity contribution in [2.75, 3.05) is 26.3 Å². The Bertz CT molecular complexity index is 426. The molecule has 5 heteroatoms. The smallest absolute Gasteiger partial charge is 0.246 e. The highest BCUT2D eigenvalue weighted by atomic mass is 35.5. The number of ether oxygens (including phenoxy) is 1. The van der Waals surface area contributed by atoms with Crippen LogP contribution in [0.1, 0.15) is 30.5 Å². The first kappa shape index (κ1) is 17.0. The average molecular weight is 299 g/mol. The first-order valence-corrected chi connectivity index (χ1v) is 6.97. The van der Waals surface area contributed by atoms with Crippen molar-refractivity contribution in [2.24, 2.45) is 0 Å². The first-order chi connectivity index (χ1) is 9.31. The molecule has 1 aromatic carbocycles. The summed E-state index contributed by atoms with van der Waals surface area (Å²) in [6.07, 6.45) is 1.99. The van der Waals surface area contributed by atoms with Crippen LogP contribution in [-0.2, 0) is 16.0 Å². The third-order valence-electron chi connectivity index (χ3n) is 3.30. The van der Waals surface area contributed by atoms with E-state index < -0.39 is 0 Å². The molecule has 1 amide bonds. The normalized spacial score (nSPS) is 16.9. The quantitative estimate of drug-likeness (QED) is 0.788. The molecule has 1 aromatic rings. The topological polar surface area (TPSA) is 50.4 Å². The molecular weight excluding hydrogens is 276 g/mol. The maximum atomic E-state index is 11.6. The van der Waals surface area contributed by atoms with Crippen LogP contribution in [0.25, 0.3) is 0 Å². The number of carbonyl (C=O) groups excluding carboxylic acids is 1. The number of benzene rings is 1. The van der Waals surface area contributed by atoms with Gasteiger partial charge in [-0.1, -0.05) is 31.2 Å². The fraction of sp³-hybridized carbons (Fsp3) is 0.533. The van der Waals surface area contributed by atoms with Gasteiger partial charge in [0.15, 0.2) is 0 Å². The van der Waals surface area contributed by atoms with Crippen molar-refractivity contribution >= 4 is 18.3 Å². The molecule has 0 aliphatic carbocycles. The summed E-state index contributed by atoms with van der Waals surface area (Å²) in [6, 6.07) is 8.62. The standard InChI is InChI=1S/C15H22N2O2.ClH/c1-2-9-19-11-15(18)17-10-14-13-6-4-3-5-12(13)7-8-16-14;/h3-6,14,16H,2,7-11H2,1H3,(H,17,18);1H. The second-order valence-electron chi connectivity index (χ2n) is 4.81. The van der Waals surface area contributed by atoms with E-state index in [2.05, 4.69) is 28.8 Å². The van der Waals surface area contributed by atoms with Crippen molar-refractivity contribution in [3.63, 3.8) is 0 Å². The lowest BCUT2D eigenvalue weighted by Gasteiger charge is -2.27. The molecule has 1 unspecified atom stereocenters. The third-order valence-corrected chi connectivity index (χ3v) is 3.30. The summed E-state index contributed by atoms with van der Waals surface area (Å²) in [6.45, 7) is 4.40. The lowest BCUT2D eigenvalue weighted by atomic mass is 9.94. The number of carbonyl (C=O) groups is 1. The Morgan fingerprint density at radius 3 is 3.05 bits per heavy atom. The van der Waals surface area contributed by atoms with Gasteiger partial charge in [-0.15, -0.1) is 12.4 Å². The minimum atomic E-state index is -0.0432. The number of rotatable bonds is 6. The molecule has 20 heavy (non-hydrogen) atoms. The average Bonchev–Trinajstić information content (AvgIpc) is 2.45. The van der Waals surface area contributed by atoms with Gasteiger partial charge in [-0.3, -0.25) is 4.79 Å². The van der Waals surface area contributed by atoms with E-state index in [0.29, 0.717) is 13.2 Å². The van der Waals surface area contributed by atoms with Gasteiger partial charge in [-0.05, 0) is 30.5 Å². The maximum Gasteiger partial charge on any atom is 0.246 e. The monoisotopic (exact) mass is 298 g/mol. The number of hydrogen-bond donors (Lipinski definition) is 2. The van der Waals surface area contributed by atoms with Gasteiger partial charge in [0.1, 0.15) is 6.61 Å². The molecule has 1 atom stereocenters. The summed E-state index contributed by atoms with van der Waals surface area (Å²) in [5.41, 5.74) is 2.67. The number of nitrogens with one attached hydrogen (secondary N) is 2. The minimum Gasteiger partial charge on any atom is -0.372 e. The van der Waals surface area contributed by atoms with Crippen LogP contribution in [0.15, 0.2) is 24.3 Å². The van der Waals surface area contributed by atoms with Crippen LogP contribution in [-0.4, -0.2) is 32.2 Å². The molecule has 0 saturated heterocycles. The predicted octanol–water partition coefficient (Wildman–Crippen LogP) is 1.84. The molecule has 2 rings (SSSR count). The lowest BCUT2D eigenvalue weighted by molar-refractivity contribution is -0.125. The molecule has 1 aliphatic heterocycles. The van der Waals surface area contributed by atoms with Crippen LogP contribution in [0.3, 0.4) is 0 Å². The molecule has 1 aliphatic rings. The van der Waals surface area contributed by atoms with Crippen LogP contribution in [0.4, 0.5) is 0 Å². The molecule has 4 nitrogen and oxygen atoms in total. The van der Waals surface area contributed by atoms with Crippen LogP contribution < -0.4 is 10.6 Å². The van der Waals surface area contributed by atoms with E-state index in [1.807, 2.05) is 13.0 Å². The molecule has 1 heterocycles. The van der Waals surface area contributed by atoms with Crippen LogP contribution in [0.5, 0.6) is 0 Å². The minimum absolute atomic E-state index is 0. The van der Waals surface area contributed by atoms with Gasteiger partial charge in [-0.25, -0.2) is 0 Å². The second-order valence-corrected chi connectivity index (χ2v) is 4.81. The van der Waals surface area contributed by atoms with Crippen molar-refractivity contribution in [1.82, 2.24) is 10.6 Å². The van der Waals surface area contributed by atoms with E-state index in [0.717, 1.165) is 19.4 Å². The van der Waals surface area contributed by atoms with Crippen LogP contribution in [0, 0.1) is 0 Å². The van der Waals surface area contributed by atoms with Gasteiger partial charge >= 0.3 is 0 Å². The number of halogens is 1. The van der Waals surface area contributed by atoms with Crippen molar-refractivity contribution in [2.45, 2.75) is 25.8 Å². The molecule has 0 fully saturated rings. The van der Waals surface area contributed by atoms with Gasteiger partial charge in [0, 0.05) is 19.2 Å². The van der Waals surface area contributed by atoms with Gasteiger partial charge in [0.2, 0.25) is 5.91 Å². The molecule has 0 spiro atoms. The fourth-order valence-electron chi connectivity index (χ4n) is 2.35. The Balaban J connectivity index is 0.00000200. The van der Waals surface area contributed by atoms with Crippen molar-refractivity contribution in [3.8, 4) is 0 Å². The zero-order chi connectivity index (χ0) is 13.5. The van der Waals surface area contributed by atoms with Crippen LogP contribution >= 0.6 is 12.4 Å². The van der Waals surface area contributed by atoms with E-state index in [-0.39, 0.29) is 31.0 Å². The number of amides is 1. The summed E-state index contributed by atoms with van der Waals surface area (Å²) >= 11 is 0. The lowest BCUT2D eigenvalue weighted by Crippen LogP contribution is -2.39. The Hall–Kier alpha value is -1.10. The second kappa shape index (κ2) is 8.95. The van der Waals surface area contributed by atoms with E-state index in [4.69, 9.17) is 4.74 Å². The Labute approximate surface area is 126 Å². The van der Waals surface area contributed by atoms with E-state index in [9.17, 15) is 4.79 Å². The zero-order valence-electron chi connectivity index (χ0n) is 11.9. The summed E-state index contributed by atoms with van der Waals surface area (Å²) in [7, 11) is 0. The fourth-order valence-corrected chi connectivity index (χ4v) is 2.35. The van der Waals surface area contributed by atoms with E-state index >= 15 is 0 Å². The highest BCUT2D eigenvalue weighted by Crippen LogP contribution is 2.21. The summed E-state index contributed by atoms with van der Waals surface area (Å²) in [4.78, 5) is 11.6. The molecule has 0 radical (unpaired) electrons. The number of fused-ring (bicyclic) bond motifs is 1. The summed E-state index contributed by atoms with van der Waals surface area (Å²) < 4.78 is 5.22. The zero-order valence-corrected chi connectivity index (χ0v) is 12.7. The van der Waals surface area contributed by atoms with Crippen LogP contribution in [0.2, 0.25) is 0 Å². The molecule has 112 valence electrons. The van der Waals surface area contributed by atoms with Gasteiger partial charge in [0.25, 0.3) is 0 Å². The van der Waals surface area contributed by atoms with Crippen molar-refractivity contribution in [3.05, 3.63) is 35.4 Å². The van der Waals surface area contributed by atoms with Gasteiger partial charge in [0.05, 0.1) is 0 Å².